The number of H-pyrrole nitrogens is 1. The molecule has 2 aromatic carbocycles. The highest BCUT2D eigenvalue weighted by molar-refractivity contribution is 6.30. The highest BCUT2D eigenvalue weighted by Gasteiger charge is 2.31. The quantitative estimate of drug-likeness (QED) is 0.248. The molecule has 0 spiro atoms. The van der Waals surface area contributed by atoms with Crippen molar-refractivity contribution in [1.82, 2.24) is 15.3 Å². The van der Waals surface area contributed by atoms with Crippen LogP contribution in [0.25, 0.3) is 11.0 Å². The van der Waals surface area contributed by atoms with Crippen molar-refractivity contribution in [3.8, 4) is 0 Å². The van der Waals surface area contributed by atoms with E-state index >= 15 is 0 Å². The molecule has 8 heteroatoms. The number of anilines is 1. The van der Waals surface area contributed by atoms with Crippen molar-refractivity contribution in [3.63, 3.8) is 0 Å². The van der Waals surface area contributed by atoms with Gasteiger partial charge in [-0.2, -0.15) is 0 Å². The molecule has 4 aromatic rings. The molecule has 2 aliphatic rings. The Morgan fingerprint density at radius 2 is 1.28 bits per heavy atom. The minimum absolute atomic E-state index is 0.0287. The van der Waals surface area contributed by atoms with Crippen molar-refractivity contribution in [2.24, 2.45) is 11.5 Å². The van der Waals surface area contributed by atoms with Crippen LogP contribution >= 0.6 is 23.2 Å². The molecule has 6 nitrogen and oxygen atoms in total. The van der Waals surface area contributed by atoms with E-state index in [0.29, 0.717) is 0 Å². The van der Waals surface area contributed by atoms with E-state index in [0.717, 1.165) is 80.4 Å². The molecule has 2 aliphatic heterocycles. The van der Waals surface area contributed by atoms with Gasteiger partial charge in [0.25, 0.3) is 0 Å². The Morgan fingerprint density at radius 1 is 0.744 bits per heavy atom. The van der Waals surface area contributed by atoms with Gasteiger partial charge in [-0.05, 0) is 99.1 Å². The van der Waals surface area contributed by atoms with E-state index in [1.165, 1.54) is 22.2 Å². The van der Waals surface area contributed by atoms with Crippen molar-refractivity contribution >= 4 is 39.9 Å². The summed E-state index contributed by atoms with van der Waals surface area (Å²) in [7, 11) is 0. The Balaban J connectivity index is 0.000000177. The van der Waals surface area contributed by atoms with Crippen LogP contribution < -0.4 is 21.7 Å². The fourth-order valence-electron chi connectivity index (χ4n) is 5.71. The van der Waals surface area contributed by atoms with E-state index < -0.39 is 0 Å². The van der Waals surface area contributed by atoms with Crippen LogP contribution in [0.2, 0.25) is 10.0 Å². The number of rotatable bonds is 5. The number of nitrogens with two attached hydrogens (primary N) is 2. The highest BCUT2D eigenvalue weighted by Crippen LogP contribution is 2.31. The fourth-order valence-corrected chi connectivity index (χ4v) is 5.96. The van der Waals surface area contributed by atoms with E-state index in [-0.39, 0.29) is 11.1 Å². The van der Waals surface area contributed by atoms with Gasteiger partial charge in [0.05, 0.1) is 0 Å². The van der Waals surface area contributed by atoms with Crippen molar-refractivity contribution < 1.29 is 0 Å². The number of fused-ring (bicyclic) bond motifs is 1. The summed E-state index contributed by atoms with van der Waals surface area (Å²) in [5.41, 5.74) is 17.6. The van der Waals surface area contributed by atoms with E-state index in [2.05, 4.69) is 56.6 Å². The second-order valence-electron chi connectivity index (χ2n) is 11.1. The molecule has 0 saturated carbocycles. The van der Waals surface area contributed by atoms with E-state index in [1.807, 2.05) is 36.7 Å². The minimum Gasteiger partial charge on any atom is -0.371 e. The van der Waals surface area contributed by atoms with Crippen LogP contribution in [-0.2, 0) is 12.8 Å². The minimum atomic E-state index is -0.144. The van der Waals surface area contributed by atoms with Crippen molar-refractivity contribution in [2.75, 3.05) is 31.1 Å². The van der Waals surface area contributed by atoms with Gasteiger partial charge in [0.2, 0.25) is 0 Å². The summed E-state index contributed by atoms with van der Waals surface area (Å²) < 4.78 is 0. The normalized spacial score (nSPS) is 18.4. The second kappa shape index (κ2) is 12.3. The third kappa shape index (κ3) is 7.33. The largest absolute Gasteiger partial charge is 0.371 e. The van der Waals surface area contributed by atoms with Crippen LogP contribution in [0.5, 0.6) is 0 Å². The van der Waals surface area contributed by atoms with Gasteiger partial charge < -0.3 is 26.7 Å². The number of pyridine rings is 1. The van der Waals surface area contributed by atoms with E-state index in [4.69, 9.17) is 34.7 Å². The molecular weight excluding hydrogens is 527 g/mol. The van der Waals surface area contributed by atoms with Gasteiger partial charge in [-0.15, -0.1) is 0 Å². The number of aromatic amines is 1. The lowest BCUT2D eigenvalue weighted by Crippen LogP contribution is -2.52. The molecule has 206 valence electrons. The molecule has 0 bridgehead atoms. The monoisotopic (exact) mass is 564 g/mol. The number of halogens is 2. The molecule has 0 unspecified atom stereocenters. The van der Waals surface area contributed by atoms with Gasteiger partial charge in [0.15, 0.2) is 0 Å². The number of benzene rings is 2. The molecule has 6 N–H and O–H groups in total. The molecular formula is C31H38Cl2N6. The van der Waals surface area contributed by atoms with Crippen LogP contribution in [0.1, 0.15) is 36.8 Å². The summed E-state index contributed by atoms with van der Waals surface area (Å²) in [6.07, 6.45) is 9.71. The van der Waals surface area contributed by atoms with Crippen molar-refractivity contribution in [1.29, 1.82) is 0 Å². The Kier molecular flexibility index (Phi) is 8.79. The molecule has 2 saturated heterocycles. The van der Waals surface area contributed by atoms with Gasteiger partial charge in [-0.1, -0.05) is 47.5 Å². The summed E-state index contributed by atoms with van der Waals surface area (Å²) in [5, 5.41) is 6.07. The van der Waals surface area contributed by atoms with Gasteiger partial charge in [-0.25, -0.2) is 4.98 Å². The van der Waals surface area contributed by atoms with Gasteiger partial charge in [0, 0.05) is 57.7 Å². The average Bonchev–Trinajstić information content (AvgIpc) is 3.42. The third-order valence-corrected chi connectivity index (χ3v) is 8.58. The second-order valence-corrected chi connectivity index (χ2v) is 12.0. The molecule has 39 heavy (non-hydrogen) atoms. The Hall–Kier alpha value is -2.61. The molecule has 4 heterocycles. The number of piperidine rings is 2. The van der Waals surface area contributed by atoms with Crippen molar-refractivity contribution in [2.45, 2.75) is 49.6 Å². The zero-order valence-electron chi connectivity index (χ0n) is 22.3. The van der Waals surface area contributed by atoms with Crippen LogP contribution in [0.4, 0.5) is 5.69 Å². The molecule has 0 amide bonds. The zero-order valence-corrected chi connectivity index (χ0v) is 23.8. The Morgan fingerprint density at radius 3 is 1.85 bits per heavy atom. The van der Waals surface area contributed by atoms with E-state index in [1.54, 1.807) is 0 Å². The lowest BCUT2D eigenvalue weighted by molar-refractivity contribution is 0.308. The predicted molar refractivity (Wildman–Crippen MR) is 164 cm³/mol. The number of hydrogen-bond acceptors (Lipinski definition) is 5. The third-order valence-electron chi connectivity index (χ3n) is 8.08. The highest BCUT2D eigenvalue weighted by atomic mass is 35.5. The lowest BCUT2D eigenvalue weighted by atomic mass is 9.82. The number of hydrogen-bond donors (Lipinski definition) is 4. The average molecular weight is 566 g/mol. The maximum atomic E-state index is 6.68. The van der Waals surface area contributed by atoms with Crippen LogP contribution in [0.15, 0.2) is 73.1 Å². The first kappa shape index (κ1) is 27.9. The Labute approximate surface area is 241 Å². The fraction of sp³-hybridized carbons (Fsp3) is 0.387. The number of nitrogens with one attached hydrogen (secondary N) is 2. The summed E-state index contributed by atoms with van der Waals surface area (Å²) in [4.78, 5) is 9.97. The number of nitrogens with zero attached hydrogens (tertiary/aromatic N) is 2. The number of aromatic nitrogens is 2. The molecule has 0 atom stereocenters. The van der Waals surface area contributed by atoms with Gasteiger partial charge in [-0.3, -0.25) is 0 Å². The standard InChI is InChI=1S/C19H21ClN4.C12H17ClN2/c20-15-3-1-14(2-4-15)13-19(21)7-11-24(12-8-19)17-6-10-23-18-16(17)5-9-22-18;13-11-3-1-10(2-4-11)9-12(14)5-7-15-8-6-12/h1-6,9-10H,7-8,11-13,21H2,(H,22,23);1-4,15H,5-9,14H2. The molecule has 0 radical (unpaired) electrons. The summed E-state index contributed by atoms with van der Waals surface area (Å²) in [6.45, 7) is 4.00. The smallest absolute Gasteiger partial charge is 0.139 e. The first-order valence-corrected chi connectivity index (χ1v) is 14.5. The summed E-state index contributed by atoms with van der Waals surface area (Å²) >= 11 is 11.8. The topological polar surface area (TPSA) is 96.0 Å². The van der Waals surface area contributed by atoms with Crippen LogP contribution in [0.3, 0.4) is 0 Å². The van der Waals surface area contributed by atoms with Gasteiger partial charge in [0.1, 0.15) is 5.65 Å². The van der Waals surface area contributed by atoms with E-state index in [9.17, 15) is 0 Å². The zero-order chi connectivity index (χ0) is 27.3. The van der Waals surface area contributed by atoms with Gasteiger partial charge >= 0.3 is 0 Å². The van der Waals surface area contributed by atoms with Crippen LogP contribution in [0, 0.1) is 0 Å². The summed E-state index contributed by atoms with van der Waals surface area (Å²) in [6, 6.07) is 20.2. The first-order chi connectivity index (χ1) is 18.8. The van der Waals surface area contributed by atoms with Crippen LogP contribution in [-0.4, -0.2) is 47.2 Å². The SMILES string of the molecule is NC1(Cc2ccc(Cl)cc2)CCN(c2ccnc3[nH]ccc23)CC1.NC1(Cc2ccc(Cl)cc2)CCNCC1. The molecule has 2 fully saturated rings. The first-order valence-electron chi connectivity index (χ1n) is 13.8. The molecule has 0 aliphatic carbocycles. The Bertz CT molecular complexity index is 1340. The maximum Gasteiger partial charge on any atom is 0.139 e. The maximum absolute atomic E-state index is 6.68. The molecule has 6 rings (SSSR count). The predicted octanol–water partition coefficient (Wildman–Crippen LogP) is 5.72. The van der Waals surface area contributed by atoms with Crippen molar-refractivity contribution in [3.05, 3.63) is 94.2 Å². The lowest BCUT2D eigenvalue weighted by Gasteiger charge is -2.40. The molecule has 2 aromatic heterocycles. The summed E-state index contributed by atoms with van der Waals surface area (Å²) in [5.74, 6) is 0.